The predicted molar refractivity (Wildman–Crippen MR) is 89.9 cm³/mol. The molecular formula is C17H19N5O2. The molecule has 124 valence electrons. The molecule has 0 aliphatic carbocycles. The molecule has 3 N–H and O–H groups in total. The molecule has 7 heteroatoms. The Bertz CT molecular complexity index is 823. The Morgan fingerprint density at radius 1 is 1.29 bits per heavy atom. The summed E-state index contributed by atoms with van der Waals surface area (Å²) >= 11 is 0. The summed E-state index contributed by atoms with van der Waals surface area (Å²) in [6.07, 6.45) is 1.48. The fraction of sp³-hybridized carbons (Fsp3) is 0.235. The maximum absolute atomic E-state index is 11.8. The summed E-state index contributed by atoms with van der Waals surface area (Å²) in [5.41, 5.74) is 8.51. The quantitative estimate of drug-likeness (QED) is 0.676. The van der Waals surface area contributed by atoms with E-state index in [2.05, 4.69) is 15.6 Å². The molecule has 3 aromatic rings. The van der Waals surface area contributed by atoms with Gasteiger partial charge in [-0.3, -0.25) is 4.79 Å². The van der Waals surface area contributed by atoms with Crippen LogP contribution in [-0.2, 0) is 6.42 Å². The van der Waals surface area contributed by atoms with Gasteiger partial charge in [-0.15, -0.1) is 0 Å². The van der Waals surface area contributed by atoms with Gasteiger partial charge in [0, 0.05) is 18.7 Å². The van der Waals surface area contributed by atoms with Crippen LogP contribution in [0, 0.1) is 6.92 Å². The maximum atomic E-state index is 11.8. The van der Waals surface area contributed by atoms with Crippen LogP contribution in [0.4, 0.5) is 5.82 Å². The molecule has 2 heterocycles. The molecule has 0 radical (unpaired) electrons. The van der Waals surface area contributed by atoms with Crippen molar-refractivity contribution in [3.63, 3.8) is 0 Å². The molecule has 2 aromatic heterocycles. The van der Waals surface area contributed by atoms with E-state index in [1.165, 1.54) is 0 Å². The first-order valence-electron chi connectivity index (χ1n) is 7.75. The van der Waals surface area contributed by atoms with E-state index >= 15 is 0 Å². The van der Waals surface area contributed by atoms with Crippen LogP contribution in [0.5, 0.6) is 0 Å². The Balaban J connectivity index is 1.52. The summed E-state index contributed by atoms with van der Waals surface area (Å²) in [6.45, 7) is 2.30. The molecule has 0 spiro atoms. The Hall–Kier alpha value is -3.09. The molecule has 0 aliphatic rings. The minimum atomic E-state index is -0.259. The molecule has 0 bridgehead atoms. The number of hydrogen-bond donors (Lipinski definition) is 2. The number of aromatic nitrogens is 3. The van der Waals surface area contributed by atoms with Gasteiger partial charge in [0.2, 0.25) is 5.76 Å². The van der Waals surface area contributed by atoms with Crippen molar-refractivity contribution in [2.45, 2.75) is 19.8 Å². The van der Waals surface area contributed by atoms with Crippen molar-refractivity contribution in [3.8, 4) is 5.69 Å². The summed E-state index contributed by atoms with van der Waals surface area (Å²) < 4.78 is 6.63. The van der Waals surface area contributed by atoms with E-state index in [1.807, 2.05) is 36.4 Å². The second-order valence-corrected chi connectivity index (χ2v) is 5.50. The van der Waals surface area contributed by atoms with E-state index in [0.717, 1.165) is 24.2 Å². The number of rotatable bonds is 6. The molecule has 0 fully saturated rings. The molecule has 1 amide bonds. The standard InChI is InChI=1S/C17H19N5O2/c1-12-10-15(24-21-12)17(23)19-9-5-6-13-11-16(18)22(20-13)14-7-3-2-4-8-14/h2-4,7-8,10-11H,5-6,9,18H2,1H3,(H,19,23). The third-order valence-electron chi connectivity index (χ3n) is 3.54. The third kappa shape index (κ3) is 3.62. The van der Waals surface area contributed by atoms with Crippen molar-refractivity contribution in [1.29, 1.82) is 0 Å². The fourth-order valence-corrected chi connectivity index (χ4v) is 2.37. The highest BCUT2D eigenvalue weighted by atomic mass is 16.5. The first-order valence-corrected chi connectivity index (χ1v) is 7.75. The Morgan fingerprint density at radius 3 is 2.79 bits per heavy atom. The number of anilines is 1. The number of carbonyl (C=O) groups excluding carboxylic acids is 1. The van der Waals surface area contributed by atoms with Crippen LogP contribution in [-0.4, -0.2) is 27.4 Å². The van der Waals surface area contributed by atoms with Crippen molar-refractivity contribution in [3.05, 3.63) is 59.6 Å². The van der Waals surface area contributed by atoms with E-state index < -0.39 is 0 Å². The number of para-hydroxylation sites is 1. The lowest BCUT2D eigenvalue weighted by molar-refractivity contribution is 0.0916. The van der Waals surface area contributed by atoms with Crippen LogP contribution in [0.15, 0.2) is 47.0 Å². The number of nitrogen functional groups attached to an aromatic ring is 1. The number of nitrogens with zero attached hydrogens (tertiary/aromatic N) is 3. The fourth-order valence-electron chi connectivity index (χ4n) is 2.37. The van der Waals surface area contributed by atoms with Gasteiger partial charge in [-0.1, -0.05) is 23.4 Å². The lowest BCUT2D eigenvalue weighted by Gasteiger charge is -2.03. The monoisotopic (exact) mass is 325 g/mol. The molecule has 3 rings (SSSR count). The minimum Gasteiger partial charge on any atom is -0.384 e. The normalized spacial score (nSPS) is 10.7. The van der Waals surface area contributed by atoms with E-state index in [-0.39, 0.29) is 11.7 Å². The van der Waals surface area contributed by atoms with Crippen LogP contribution in [0.25, 0.3) is 5.69 Å². The third-order valence-corrected chi connectivity index (χ3v) is 3.54. The molecule has 7 nitrogen and oxygen atoms in total. The first kappa shape index (κ1) is 15.8. The topological polar surface area (TPSA) is 99.0 Å². The van der Waals surface area contributed by atoms with E-state index in [4.69, 9.17) is 10.3 Å². The Kier molecular flexibility index (Phi) is 4.60. The molecule has 0 unspecified atom stereocenters. The van der Waals surface area contributed by atoms with Gasteiger partial charge in [0.1, 0.15) is 5.82 Å². The summed E-state index contributed by atoms with van der Waals surface area (Å²) in [5.74, 6) is 0.562. The molecular weight excluding hydrogens is 306 g/mol. The van der Waals surface area contributed by atoms with Gasteiger partial charge < -0.3 is 15.6 Å². The predicted octanol–water partition coefficient (Wildman–Crippen LogP) is 2.11. The van der Waals surface area contributed by atoms with Gasteiger partial charge in [0.25, 0.3) is 5.91 Å². The number of carbonyl (C=O) groups is 1. The SMILES string of the molecule is Cc1cc(C(=O)NCCCc2cc(N)n(-c3ccccc3)n2)on1. The van der Waals surface area contributed by atoms with Crippen LogP contribution in [0.3, 0.4) is 0 Å². The van der Waals surface area contributed by atoms with Crippen LogP contribution in [0.2, 0.25) is 0 Å². The van der Waals surface area contributed by atoms with Gasteiger partial charge >= 0.3 is 0 Å². The Labute approximate surface area is 139 Å². The first-order chi connectivity index (χ1) is 11.6. The second kappa shape index (κ2) is 6.99. The number of nitrogens with one attached hydrogen (secondary N) is 1. The van der Waals surface area contributed by atoms with Crippen LogP contribution >= 0.6 is 0 Å². The highest BCUT2D eigenvalue weighted by Crippen LogP contribution is 2.15. The molecule has 0 aliphatic heterocycles. The highest BCUT2D eigenvalue weighted by molar-refractivity contribution is 5.91. The summed E-state index contributed by atoms with van der Waals surface area (Å²) in [5, 5.41) is 11.0. The van der Waals surface area contributed by atoms with E-state index in [0.29, 0.717) is 18.1 Å². The highest BCUT2D eigenvalue weighted by Gasteiger charge is 2.11. The number of benzene rings is 1. The average molecular weight is 325 g/mol. The number of aryl methyl sites for hydroxylation is 2. The molecule has 1 aromatic carbocycles. The molecule has 0 saturated carbocycles. The second-order valence-electron chi connectivity index (χ2n) is 5.50. The lowest BCUT2D eigenvalue weighted by Crippen LogP contribution is -2.24. The van der Waals surface area contributed by atoms with Gasteiger partial charge in [0.05, 0.1) is 17.1 Å². The van der Waals surface area contributed by atoms with Crippen molar-refractivity contribution in [2.75, 3.05) is 12.3 Å². The molecule has 0 saturated heterocycles. The van der Waals surface area contributed by atoms with Gasteiger partial charge in [-0.05, 0) is 31.9 Å². The number of hydrogen-bond acceptors (Lipinski definition) is 5. The average Bonchev–Trinajstić information content (AvgIpc) is 3.18. The van der Waals surface area contributed by atoms with Crippen LogP contribution < -0.4 is 11.1 Å². The summed E-state index contributed by atoms with van der Waals surface area (Å²) in [4.78, 5) is 11.8. The van der Waals surface area contributed by atoms with Crippen molar-refractivity contribution < 1.29 is 9.32 Å². The van der Waals surface area contributed by atoms with Gasteiger partial charge in [0.15, 0.2) is 0 Å². The van der Waals surface area contributed by atoms with Gasteiger partial charge in [-0.25, -0.2) is 4.68 Å². The summed E-state index contributed by atoms with van der Waals surface area (Å²) in [7, 11) is 0. The maximum Gasteiger partial charge on any atom is 0.289 e. The van der Waals surface area contributed by atoms with Crippen LogP contribution in [0.1, 0.15) is 28.4 Å². The number of amides is 1. The molecule has 24 heavy (non-hydrogen) atoms. The van der Waals surface area contributed by atoms with Gasteiger partial charge in [-0.2, -0.15) is 5.10 Å². The van der Waals surface area contributed by atoms with Crippen molar-refractivity contribution >= 4 is 11.7 Å². The Morgan fingerprint density at radius 2 is 2.08 bits per heavy atom. The largest absolute Gasteiger partial charge is 0.384 e. The van der Waals surface area contributed by atoms with Crippen molar-refractivity contribution in [2.24, 2.45) is 0 Å². The zero-order valence-electron chi connectivity index (χ0n) is 13.4. The smallest absolute Gasteiger partial charge is 0.289 e. The zero-order valence-corrected chi connectivity index (χ0v) is 13.4. The minimum absolute atomic E-state index is 0.227. The van der Waals surface area contributed by atoms with Crippen molar-refractivity contribution in [1.82, 2.24) is 20.3 Å². The lowest BCUT2D eigenvalue weighted by atomic mass is 10.2. The molecule has 0 atom stereocenters. The summed E-state index contributed by atoms with van der Waals surface area (Å²) in [6, 6.07) is 13.2. The van der Waals surface area contributed by atoms with E-state index in [1.54, 1.807) is 17.7 Å². The van der Waals surface area contributed by atoms with E-state index in [9.17, 15) is 4.79 Å². The zero-order chi connectivity index (χ0) is 16.9. The number of nitrogens with two attached hydrogens (primary N) is 1.